The molecule has 0 saturated heterocycles. The highest BCUT2D eigenvalue weighted by atomic mass is 16.5. The second kappa shape index (κ2) is 10.6. The van der Waals surface area contributed by atoms with E-state index in [0.29, 0.717) is 12.0 Å². The van der Waals surface area contributed by atoms with Crippen LogP contribution in [0.3, 0.4) is 0 Å². The van der Waals surface area contributed by atoms with Crippen molar-refractivity contribution in [3.05, 3.63) is 107 Å². The Balaban J connectivity index is 1.90. The van der Waals surface area contributed by atoms with E-state index >= 15 is 0 Å². The minimum absolute atomic E-state index is 0.0692. The van der Waals surface area contributed by atoms with Crippen molar-refractivity contribution < 1.29 is 9.47 Å². The van der Waals surface area contributed by atoms with E-state index in [1.807, 2.05) is 45.1 Å². The molecule has 0 unspecified atom stereocenters. The lowest BCUT2D eigenvalue weighted by atomic mass is 9.50. The normalized spacial score (nSPS) is 21.7. The lowest BCUT2D eigenvalue weighted by Crippen LogP contribution is -2.43. The molecule has 2 aromatic heterocycles. The van der Waals surface area contributed by atoms with Gasteiger partial charge in [-0.25, -0.2) is 9.97 Å². The van der Waals surface area contributed by atoms with Crippen molar-refractivity contribution in [1.29, 1.82) is 0 Å². The minimum Gasteiger partial charge on any atom is -0.467 e. The van der Waals surface area contributed by atoms with Crippen LogP contribution in [0.4, 0.5) is 0 Å². The van der Waals surface area contributed by atoms with Gasteiger partial charge in [0.25, 0.3) is 0 Å². The second-order valence-corrected chi connectivity index (χ2v) is 8.82. The second-order valence-electron chi connectivity index (χ2n) is 8.82. The summed E-state index contributed by atoms with van der Waals surface area (Å²) in [5.74, 6) is 0.342. The molecular formula is C29H32N4O2. The number of aromatic nitrogens is 4. The highest BCUT2D eigenvalue weighted by Gasteiger charge is 2.54. The van der Waals surface area contributed by atoms with Gasteiger partial charge < -0.3 is 9.47 Å². The molecule has 3 aromatic rings. The quantitative estimate of drug-likeness (QED) is 0.385. The van der Waals surface area contributed by atoms with E-state index < -0.39 is 0 Å². The van der Waals surface area contributed by atoms with E-state index in [9.17, 15) is 0 Å². The average molecular weight is 469 g/mol. The van der Waals surface area contributed by atoms with Gasteiger partial charge in [-0.15, -0.1) is 0 Å². The SMILES string of the molecule is C=C(/C=C\C=C/C)[C@H]1[C@@H](c2cc(C)nc(OC)n2)[C@H](c2ccccc2)[C@H]1c1cc(C)nc(OC)n1. The van der Waals surface area contributed by atoms with Gasteiger partial charge in [0, 0.05) is 35.1 Å². The fourth-order valence-corrected chi connectivity index (χ4v) is 5.09. The number of allylic oxidation sites excluding steroid dienone is 5. The molecule has 1 saturated carbocycles. The van der Waals surface area contributed by atoms with Crippen LogP contribution in [-0.2, 0) is 0 Å². The monoisotopic (exact) mass is 468 g/mol. The van der Waals surface area contributed by atoms with Crippen LogP contribution in [-0.4, -0.2) is 34.2 Å². The number of hydrogen-bond acceptors (Lipinski definition) is 6. The summed E-state index contributed by atoms with van der Waals surface area (Å²) in [5, 5.41) is 0. The van der Waals surface area contributed by atoms with Crippen molar-refractivity contribution in [1.82, 2.24) is 19.9 Å². The summed E-state index contributed by atoms with van der Waals surface area (Å²) in [6.45, 7) is 10.4. The van der Waals surface area contributed by atoms with Gasteiger partial charge >= 0.3 is 12.0 Å². The maximum atomic E-state index is 5.42. The Hall–Kier alpha value is -3.80. The molecule has 1 aliphatic carbocycles. The van der Waals surface area contributed by atoms with Gasteiger partial charge in [-0.2, -0.15) is 9.97 Å². The Morgan fingerprint density at radius 3 is 1.83 bits per heavy atom. The van der Waals surface area contributed by atoms with E-state index in [0.717, 1.165) is 28.3 Å². The van der Waals surface area contributed by atoms with E-state index in [2.05, 4.69) is 59.0 Å². The molecule has 2 heterocycles. The Morgan fingerprint density at radius 2 is 1.34 bits per heavy atom. The third kappa shape index (κ3) is 5.02. The fourth-order valence-electron chi connectivity index (χ4n) is 5.09. The van der Waals surface area contributed by atoms with Crippen LogP contribution in [0, 0.1) is 19.8 Å². The number of benzene rings is 1. The Labute approximate surface area is 207 Å². The summed E-state index contributed by atoms with van der Waals surface area (Å²) in [6, 6.07) is 15.4. The van der Waals surface area contributed by atoms with Gasteiger partial charge in [-0.05, 0) is 38.5 Å². The number of nitrogens with zero attached hydrogens (tertiary/aromatic N) is 4. The Morgan fingerprint density at radius 1 is 0.800 bits per heavy atom. The number of ether oxygens (including phenoxy) is 2. The van der Waals surface area contributed by atoms with Crippen molar-refractivity contribution >= 4 is 0 Å². The minimum atomic E-state index is 0.0692. The van der Waals surface area contributed by atoms with Gasteiger partial charge in [0.2, 0.25) is 0 Å². The van der Waals surface area contributed by atoms with Crippen molar-refractivity contribution in [2.45, 2.75) is 38.5 Å². The Kier molecular flexibility index (Phi) is 7.39. The molecule has 6 heteroatoms. The van der Waals surface area contributed by atoms with Crippen LogP contribution in [0.15, 0.2) is 78.9 Å². The summed E-state index contributed by atoms with van der Waals surface area (Å²) in [7, 11) is 3.20. The summed E-state index contributed by atoms with van der Waals surface area (Å²) < 4.78 is 10.8. The largest absolute Gasteiger partial charge is 0.467 e. The Bertz CT molecular complexity index is 1190. The molecule has 0 bridgehead atoms. The first-order valence-electron chi connectivity index (χ1n) is 11.8. The van der Waals surface area contributed by atoms with Crippen LogP contribution in [0.25, 0.3) is 0 Å². The molecule has 180 valence electrons. The van der Waals surface area contributed by atoms with E-state index in [1.54, 1.807) is 14.2 Å². The zero-order chi connectivity index (χ0) is 24.9. The zero-order valence-electron chi connectivity index (χ0n) is 21.0. The van der Waals surface area contributed by atoms with E-state index in [-0.39, 0.29) is 23.7 Å². The summed E-state index contributed by atoms with van der Waals surface area (Å²) >= 11 is 0. The molecule has 0 aliphatic heterocycles. The van der Waals surface area contributed by atoms with Gasteiger partial charge in [0.1, 0.15) is 0 Å². The van der Waals surface area contributed by atoms with Gasteiger partial charge in [0.05, 0.1) is 25.6 Å². The predicted molar refractivity (Wildman–Crippen MR) is 138 cm³/mol. The summed E-state index contributed by atoms with van der Waals surface area (Å²) in [5.41, 5.74) is 5.89. The zero-order valence-corrected chi connectivity index (χ0v) is 21.0. The van der Waals surface area contributed by atoms with Crippen LogP contribution >= 0.6 is 0 Å². The first-order valence-corrected chi connectivity index (χ1v) is 11.8. The fraction of sp³-hybridized carbons (Fsp3) is 0.310. The standard InChI is InChI=1S/C29H32N4O2/c1-7-8-10-13-18(2)24-26(22-16-19(3)30-28(32-22)34-5)25(21-14-11-9-12-15-21)27(24)23-17-20(4)31-29(33-23)35-6/h7-17,24-27H,2H2,1,3-6H3/b8-7-,13-10-/t24-,25-,26+,27-. The van der Waals surface area contributed by atoms with E-state index in [4.69, 9.17) is 19.4 Å². The average Bonchev–Trinajstić information content (AvgIpc) is 2.83. The number of rotatable bonds is 8. The highest BCUT2D eigenvalue weighted by Crippen LogP contribution is 2.64. The van der Waals surface area contributed by atoms with Crippen molar-refractivity contribution in [2.75, 3.05) is 14.2 Å². The molecule has 0 amide bonds. The van der Waals surface area contributed by atoms with Gasteiger partial charge in [-0.1, -0.05) is 66.8 Å². The molecule has 0 radical (unpaired) electrons. The topological polar surface area (TPSA) is 70.0 Å². The number of aryl methyl sites for hydroxylation is 2. The lowest BCUT2D eigenvalue weighted by molar-refractivity contribution is 0.183. The molecule has 4 rings (SSSR count). The molecular weight excluding hydrogens is 436 g/mol. The summed E-state index contributed by atoms with van der Waals surface area (Å²) in [6.07, 6.45) is 8.13. The molecule has 0 N–H and O–H groups in total. The van der Waals surface area contributed by atoms with Crippen molar-refractivity contribution in [3.63, 3.8) is 0 Å². The first kappa shape index (κ1) is 24.3. The van der Waals surface area contributed by atoms with Crippen molar-refractivity contribution in [2.24, 2.45) is 5.92 Å². The molecule has 35 heavy (non-hydrogen) atoms. The highest BCUT2D eigenvalue weighted by molar-refractivity contribution is 5.45. The summed E-state index contributed by atoms with van der Waals surface area (Å²) in [4.78, 5) is 18.4. The van der Waals surface area contributed by atoms with Crippen LogP contribution in [0.1, 0.15) is 53.0 Å². The predicted octanol–water partition coefficient (Wildman–Crippen LogP) is 5.87. The maximum Gasteiger partial charge on any atom is 0.316 e. The third-order valence-corrected chi connectivity index (χ3v) is 6.53. The van der Waals surface area contributed by atoms with E-state index in [1.165, 1.54) is 5.56 Å². The van der Waals surface area contributed by atoms with Gasteiger partial charge in [0.15, 0.2) is 0 Å². The van der Waals surface area contributed by atoms with Crippen LogP contribution in [0.2, 0.25) is 0 Å². The molecule has 1 aromatic carbocycles. The molecule has 0 spiro atoms. The molecule has 1 fully saturated rings. The number of hydrogen-bond donors (Lipinski definition) is 0. The van der Waals surface area contributed by atoms with Gasteiger partial charge in [-0.3, -0.25) is 0 Å². The first-order chi connectivity index (χ1) is 17.0. The smallest absolute Gasteiger partial charge is 0.316 e. The lowest BCUT2D eigenvalue weighted by Gasteiger charge is -2.52. The van der Waals surface area contributed by atoms with Crippen molar-refractivity contribution in [3.8, 4) is 12.0 Å². The third-order valence-electron chi connectivity index (χ3n) is 6.53. The molecule has 6 nitrogen and oxygen atoms in total. The van der Waals surface area contributed by atoms with Crippen LogP contribution in [0.5, 0.6) is 12.0 Å². The van der Waals surface area contributed by atoms with Crippen LogP contribution < -0.4 is 9.47 Å². The molecule has 1 aliphatic rings. The molecule has 4 atom stereocenters. The maximum absolute atomic E-state index is 5.42. The number of methoxy groups -OCH3 is 2.